The molecule has 0 bridgehead atoms. The molecule has 0 heterocycles. The fourth-order valence-electron chi connectivity index (χ4n) is 3.60. The predicted octanol–water partition coefficient (Wildman–Crippen LogP) is 8.33. The minimum atomic E-state index is -0.980. The van der Waals surface area contributed by atoms with Crippen LogP contribution < -0.4 is 4.74 Å². The van der Waals surface area contributed by atoms with E-state index in [9.17, 15) is 8.78 Å². The first-order valence-corrected chi connectivity index (χ1v) is 11.9. The Hall–Kier alpha value is -3.12. The Morgan fingerprint density at radius 1 is 0.667 bits per heavy atom. The van der Waals surface area contributed by atoms with E-state index in [1.807, 2.05) is 24.3 Å². The average molecular weight is 447 g/mol. The molecule has 0 amide bonds. The molecule has 3 heteroatoms. The van der Waals surface area contributed by atoms with Gasteiger partial charge in [0.2, 0.25) is 5.82 Å². The third kappa shape index (κ3) is 7.19. The molecular weight excluding hydrogens is 414 g/mol. The van der Waals surface area contributed by atoms with Gasteiger partial charge in [-0.15, -0.1) is 0 Å². The fraction of sp³-hybridized carbons (Fsp3) is 0.333. The van der Waals surface area contributed by atoms with E-state index in [-0.39, 0.29) is 11.3 Å². The molecule has 0 saturated heterocycles. The largest absolute Gasteiger partial charge is 0.490 e. The summed E-state index contributed by atoms with van der Waals surface area (Å²) in [4.78, 5) is 0. The van der Waals surface area contributed by atoms with E-state index < -0.39 is 11.6 Å². The smallest absolute Gasteiger partial charge is 0.201 e. The summed E-state index contributed by atoms with van der Waals surface area (Å²) in [6.45, 7) is 4.67. The molecule has 0 fully saturated rings. The van der Waals surface area contributed by atoms with Gasteiger partial charge in [-0.25, -0.2) is 4.39 Å². The molecule has 172 valence electrons. The molecule has 0 aliphatic heterocycles. The standard InChI is InChI=1S/C30H32F2O/c1-3-5-7-9-23-10-15-25(16-11-23)26-17-12-24(13-18-26)14-19-27-20-21-28(30(32)29(27)31)33-22-8-6-4-2/h10-13,15-18,20-21H,3-9,22H2,1-2H3. The summed E-state index contributed by atoms with van der Waals surface area (Å²) in [7, 11) is 0. The van der Waals surface area contributed by atoms with E-state index in [0.717, 1.165) is 42.4 Å². The molecule has 3 aromatic carbocycles. The zero-order valence-electron chi connectivity index (χ0n) is 19.6. The van der Waals surface area contributed by atoms with E-state index in [4.69, 9.17) is 4.74 Å². The van der Waals surface area contributed by atoms with Crippen molar-refractivity contribution in [3.63, 3.8) is 0 Å². The van der Waals surface area contributed by atoms with Crippen molar-refractivity contribution in [3.8, 4) is 28.7 Å². The topological polar surface area (TPSA) is 9.23 Å². The van der Waals surface area contributed by atoms with Gasteiger partial charge in [-0.1, -0.05) is 87.8 Å². The van der Waals surface area contributed by atoms with Crippen LogP contribution in [0.4, 0.5) is 8.78 Å². The van der Waals surface area contributed by atoms with Crippen LogP contribution in [0.25, 0.3) is 11.1 Å². The van der Waals surface area contributed by atoms with Gasteiger partial charge in [-0.05, 0) is 60.2 Å². The number of hydrogen-bond acceptors (Lipinski definition) is 1. The minimum absolute atomic E-state index is 0.0242. The molecule has 0 atom stereocenters. The highest BCUT2D eigenvalue weighted by Gasteiger charge is 2.13. The lowest BCUT2D eigenvalue weighted by molar-refractivity contribution is 0.286. The van der Waals surface area contributed by atoms with Crippen molar-refractivity contribution in [1.29, 1.82) is 0 Å². The Balaban J connectivity index is 1.65. The molecule has 33 heavy (non-hydrogen) atoms. The number of rotatable bonds is 10. The lowest BCUT2D eigenvalue weighted by Crippen LogP contribution is -2.01. The van der Waals surface area contributed by atoms with Crippen molar-refractivity contribution in [2.24, 2.45) is 0 Å². The second-order valence-corrected chi connectivity index (χ2v) is 8.28. The number of halogens is 2. The number of ether oxygens (including phenoxy) is 1. The Kier molecular flexibility index (Phi) is 9.51. The lowest BCUT2D eigenvalue weighted by Gasteiger charge is -2.08. The highest BCUT2D eigenvalue weighted by atomic mass is 19.2. The molecule has 0 unspecified atom stereocenters. The molecule has 0 spiro atoms. The van der Waals surface area contributed by atoms with Gasteiger partial charge >= 0.3 is 0 Å². The fourth-order valence-corrected chi connectivity index (χ4v) is 3.60. The molecule has 0 radical (unpaired) electrons. The van der Waals surface area contributed by atoms with Gasteiger partial charge in [0.1, 0.15) is 0 Å². The highest BCUT2D eigenvalue weighted by Crippen LogP contribution is 2.23. The van der Waals surface area contributed by atoms with Crippen LogP contribution in [0.5, 0.6) is 5.75 Å². The third-order valence-corrected chi connectivity index (χ3v) is 5.64. The molecule has 0 saturated carbocycles. The van der Waals surface area contributed by atoms with Crippen LogP contribution in [-0.2, 0) is 6.42 Å². The van der Waals surface area contributed by atoms with E-state index >= 15 is 0 Å². The highest BCUT2D eigenvalue weighted by molar-refractivity contribution is 5.64. The lowest BCUT2D eigenvalue weighted by atomic mass is 10.0. The van der Waals surface area contributed by atoms with Crippen LogP contribution in [0, 0.1) is 23.5 Å². The van der Waals surface area contributed by atoms with Gasteiger partial charge in [0.25, 0.3) is 0 Å². The number of unbranched alkanes of at least 4 members (excludes halogenated alkanes) is 4. The van der Waals surface area contributed by atoms with Crippen molar-refractivity contribution in [2.75, 3.05) is 6.61 Å². The maximum absolute atomic E-state index is 14.4. The molecule has 0 aromatic heterocycles. The Labute approximate surface area is 196 Å². The number of benzene rings is 3. The zero-order chi connectivity index (χ0) is 23.5. The first-order chi connectivity index (χ1) is 16.1. The Bertz CT molecular complexity index is 1070. The summed E-state index contributed by atoms with van der Waals surface area (Å²) < 4.78 is 34.0. The number of hydrogen-bond donors (Lipinski definition) is 0. The molecule has 3 rings (SSSR count). The SMILES string of the molecule is CCCCCOc1ccc(C#Cc2ccc(-c3ccc(CCCCC)cc3)cc2)c(F)c1F. The van der Waals surface area contributed by atoms with Gasteiger partial charge in [0.05, 0.1) is 12.2 Å². The molecule has 3 aromatic rings. The second kappa shape index (κ2) is 12.8. The van der Waals surface area contributed by atoms with E-state index in [2.05, 4.69) is 50.0 Å². The predicted molar refractivity (Wildman–Crippen MR) is 132 cm³/mol. The second-order valence-electron chi connectivity index (χ2n) is 8.28. The van der Waals surface area contributed by atoms with E-state index in [0.29, 0.717) is 6.61 Å². The van der Waals surface area contributed by atoms with E-state index in [1.165, 1.54) is 37.0 Å². The Morgan fingerprint density at radius 3 is 1.97 bits per heavy atom. The summed E-state index contributed by atoms with van der Waals surface area (Å²) in [5, 5.41) is 0. The van der Waals surface area contributed by atoms with Crippen LogP contribution in [-0.4, -0.2) is 6.61 Å². The summed E-state index contributed by atoms with van der Waals surface area (Å²) in [6.07, 6.45) is 7.69. The molecule has 0 aliphatic rings. The van der Waals surface area contributed by atoms with Crippen LogP contribution in [0.1, 0.15) is 69.1 Å². The normalized spacial score (nSPS) is 10.5. The van der Waals surface area contributed by atoms with Crippen molar-refractivity contribution in [3.05, 3.63) is 89.0 Å². The van der Waals surface area contributed by atoms with Crippen LogP contribution >= 0.6 is 0 Å². The van der Waals surface area contributed by atoms with Gasteiger partial charge in [0.15, 0.2) is 11.6 Å². The number of aryl methyl sites for hydroxylation is 1. The van der Waals surface area contributed by atoms with Gasteiger partial charge in [-0.3, -0.25) is 0 Å². The first kappa shape index (κ1) is 24.5. The van der Waals surface area contributed by atoms with Crippen molar-refractivity contribution in [1.82, 2.24) is 0 Å². The summed E-state index contributed by atoms with van der Waals surface area (Å²) in [5.41, 5.74) is 4.38. The van der Waals surface area contributed by atoms with Crippen molar-refractivity contribution in [2.45, 2.75) is 58.8 Å². The van der Waals surface area contributed by atoms with Crippen molar-refractivity contribution < 1.29 is 13.5 Å². The Morgan fingerprint density at radius 2 is 1.30 bits per heavy atom. The molecule has 1 nitrogen and oxygen atoms in total. The van der Waals surface area contributed by atoms with Crippen LogP contribution in [0.3, 0.4) is 0 Å². The summed E-state index contributed by atoms with van der Waals surface area (Å²) >= 11 is 0. The maximum Gasteiger partial charge on any atom is 0.201 e. The molecule has 0 aliphatic carbocycles. The monoisotopic (exact) mass is 446 g/mol. The van der Waals surface area contributed by atoms with Crippen LogP contribution in [0.2, 0.25) is 0 Å². The first-order valence-electron chi connectivity index (χ1n) is 11.9. The summed E-state index contributed by atoms with van der Waals surface area (Å²) in [6, 6.07) is 19.4. The van der Waals surface area contributed by atoms with Crippen LogP contribution in [0.15, 0.2) is 60.7 Å². The van der Waals surface area contributed by atoms with E-state index in [1.54, 1.807) is 0 Å². The maximum atomic E-state index is 14.4. The van der Waals surface area contributed by atoms with Crippen molar-refractivity contribution >= 4 is 0 Å². The van der Waals surface area contributed by atoms with Gasteiger partial charge in [-0.2, -0.15) is 4.39 Å². The third-order valence-electron chi connectivity index (χ3n) is 5.64. The van der Waals surface area contributed by atoms with Gasteiger partial charge in [0, 0.05) is 5.56 Å². The minimum Gasteiger partial charge on any atom is -0.490 e. The quantitative estimate of drug-likeness (QED) is 0.225. The molecular formula is C30H32F2O. The van der Waals surface area contributed by atoms with Gasteiger partial charge < -0.3 is 4.74 Å². The summed E-state index contributed by atoms with van der Waals surface area (Å²) in [5.74, 6) is 3.66. The zero-order valence-corrected chi connectivity index (χ0v) is 19.6. The average Bonchev–Trinajstić information content (AvgIpc) is 2.85. The molecule has 0 N–H and O–H groups in total.